The predicted octanol–water partition coefficient (Wildman–Crippen LogP) is 5.83. The lowest BCUT2D eigenvalue weighted by Crippen LogP contribution is -2.26. The monoisotopic (exact) mass is 505 g/mol. The molecule has 0 aliphatic carbocycles. The van der Waals surface area contributed by atoms with Crippen molar-refractivity contribution in [3.63, 3.8) is 0 Å². The van der Waals surface area contributed by atoms with Gasteiger partial charge < -0.3 is 19.4 Å². The molecule has 0 spiro atoms. The van der Waals surface area contributed by atoms with Crippen LogP contribution in [0, 0.1) is 0 Å². The molecule has 1 N–H and O–H groups in total. The molecule has 7 heteroatoms. The Morgan fingerprint density at radius 1 is 0.917 bits per heavy atom. The molecule has 188 valence electrons. The molecule has 4 rings (SSSR count). The summed E-state index contributed by atoms with van der Waals surface area (Å²) in [5.41, 5.74) is 4.25. The van der Waals surface area contributed by atoms with Crippen molar-refractivity contribution < 1.29 is 14.3 Å². The average Bonchev–Trinajstić information content (AvgIpc) is 3.24. The molecule has 0 bridgehead atoms. The number of hydrogen-bond acceptors (Lipinski definition) is 4. The van der Waals surface area contributed by atoms with E-state index in [9.17, 15) is 4.79 Å². The topological polar surface area (TPSA) is 65.4 Å². The normalized spacial score (nSPS) is 11.0. The van der Waals surface area contributed by atoms with Gasteiger partial charge in [-0.05, 0) is 60.4 Å². The Morgan fingerprint density at radius 3 is 2.44 bits per heavy atom. The van der Waals surface area contributed by atoms with Gasteiger partial charge in [-0.25, -0.2) is 4.98 Å². The van der Waals surface area contributed by atoms with E-state index in [-0.39, 0.29) is 5.91 Å². The highest BCUT2D eigenvalue weighted by Crippen LogP contribution is 2.27. The second-order valence-corrected chi connectivity index (χ2v) is 9.19. The molecule has 0 fully saturated rings. The van der Waals surface area contributed by atoms with Crippen molar-refractivity contribution in [1.82, 2.24) is 14.9 Å². The van der Waals surface area contributed by atoms with Crippen molar-refractivity contribution >= 4 is 28.5 Å². The first-order chi connectivity index (χ1) is 17.6. The van der Waals surface area contributed by atoms with Gasteiger partial charge in [0.2, 0.25) is 5.91 Å². The number of ether oxygens (including phenoxy) is 2. The van der Waals surface area contributed by atoms with Gasteiger partial charge in [0.1, 0.15) is 5.82 Å². The number of aryl methyl sites for hydroxylation is 1. The number of aromatic nitrogens is 2. The van der Waals surface area contributed by atoms with Crippen molar-refractivity contribution in [2.45, 2.75) is 38.6 Å². The third kappa shape index (κ3) is 6.58. The lowest BCUT2D eigenvalue weighted by Gasteiger charge is -2.11. The zero-order chi connectivity index (χ0) is 25.3. The molecule has 0 unspecified atom stereocenters. The maximum atomic E-state index is 12.4. The maximum absolute atomic E-state index is 12.4. The number of para-hydroxylation sites is 2. The summed E-state index contributed by atoms with van der Waals surface area (Å²) < 4.78 is 12.9. The summed E-state index contributed by atoms with van der Waals surface area (Å²) in [6.07, 6.45) is 4.16. The summed E-state index contributed by atoms with van der Waals surface area (Å²) in [5.74, 6) is 2.38. The fourth-order valence-corrected chi connectivity index (χ4v) is 4.44. The van der Waals surface area contributed by atoms with Crippen LogP contribution in [0.4, 0.5) is 0 Å². The van der Waals surface area contributed by atoms with E-state index in [2.05, 4.69) is 40.2 Å². The van der Waals surface area contributed by atoms with Crippen LogP contribution in [0.1, 0.15) is 36.2 Å². The van der Waals surface area contributed by atoms with Gasteiger partial charge in [0.15, 0.2) is 11.5 Å². The molecule has 3 aromatic carbocycles. The minimum Gasteiger partial charge on any atom is -0.493 e. The van der Waals surface area contributed by atoms with E-state index < -0.39 is 0 Å². The number of hydrogen-bond donors (Lipinski definition) is 1. The molecule has 1 heterocycles. The number of fused-ring (bicyclic) bond motifs is 1. The number of imidazole rings is 1. The summed E-state index contributed by atoms with van der Waals surface area (Å²) in [4.78, 5) is 17.2. The number of carbonyl (C=O) groups is 1. The Morgan fingerprint density at radius 2 is 1.67 bits per heavy atom. The Labute approximate surface area is 217 Å². The van der Waals surface area contributed by atoms with Crippen molar-refractivity contribution in [2.24, 2.45) is 0 Å². The summed E-state index contributed by atoms with van der Waals surface area (Å²) in [6, 6.07) is 21.8. The van der Waals surface area contributed by atoms with E-state index in [1.165, 1.54) is 5.56 Å². The molecule has 0 atom stereocenters. The minimum atomic E-state index is 0.00646. The van der Waals surface area contributed by atoms with E-state index >= 15 is 0 Å². The standard InChI is InChI=1S/C29H32ClN3O3/c1-35-26-16-13-22(18-27(26)36-2)19-29(34)31-17-7-3-4-10-28-32-24-8-5-6-9-25(24)33(28)20-21-11-14-23(30)15-12-21/h5-6,8-9,11-16,18H,3-4,7,10,17,19-20H2,1-2H3,(H,31,34). The summed E-state index contributed by atoms with van der Waals surface area (Å²) >= 11 is 6.06. The third-order valence-electron chi connectivity index (χ3n) is 6.20. The summed E-state index contributed by atoms with van der Waals surface area (Å²) in [5, 5.41) is 3.76. The smallest absolute Gasteiger partial charge is 0.224 e. The Hall–Kier alpha value is -3.51. The number of rotatable bonds is 12. The lowest BCUT2D eigenvalue weighted by molar-refractivity contribution is -0.120. The number of carbonyl (C=O) groups excluding carboxylic acids is 1. The molecule has 0 saturated carbocycles. The van der Waals surface area contributed by atoms with Gasteiger partial charge in [-0.2, -0.15) is 0 Å². The van der Waals surface area contributed by atoms with Crippen LogP contribution in [0.15, 0.2) is 66.7 Å². The number of unbranched alkanes of at least 4 members (excludes halogenated alkanes) is 2. The van der Waals surface area contributed by atoms with Crippen molar-refractivity contribution in [3.05, 3.63) is 88.7 Å². The van der Waals surface area contributed by atoms with Gasteiger partial charge in [0.05, 0.1) is 31.7 Å². The van der Waals surface area contributed by atoms with E-state index in [4.69, 9.17) is 26.1 Å². The number of benzene rings is 3. The summed E-state index contributed by atoms with van der Waals surface area (Å²) in [7, 11) is 3.19. The van der Waals surface area contributed by atoms with Crippen LogP contribution < -0.4 is 14.8 Å². The van der Waals surface area contributed by atoms with Gasteiger partial charge in [-0.15, -0.1) is 0 Å². The van der Waals surface area contributed by atoms with Crippen molar-refractivity contribution in [1.29, 1.82) is 0 Å². The molecule has 0 saturated heterocycles. The number of halogens is 1. The molecule has 1 aromatic heterocycles. The first-order valence-electron chi connectivity index (χ1n) is 12.2. The van der Waals surface area contributed by atoms with Gasteiger partial charge >= 0.3 is 0 Å². The van der Waals surface area contributed by atoms with Gasteiger partial charge in [-0.1, -0.05) is 48.4 Å². The van der Waals surface area contributed by atoms with Gasteiger partial charge in [-0.3, -0.25) is 4.79 Å². The fraction of sp³-hybridized carbons (Fsp3) is 0.310. The molecule has 4 aromatic rings. The maximum Gasteiger partial charge on any atom is 0.224 e. The van der Waals surface area contributed by atoms with E-state index in [0.29, 0.717) is 24.5 Å². The molecular weight excluding hydrogens is 474 g/mol. The molecule has 0 radical (unpaired) electrons. The largest absolute Gasteiger partial charge is 0.493 e. The molecular formula is C29H32ClN3O3. The predicted molar refractivity (Wildman–Crippen MR) is 144 cm³/mol. The van der Waals surface area contributed by atoms with Crippen molar-refractivity contribution in [2.75, 3.05) is 20.8 Å². The molecule has 0 aliphatic rings. The number of nitrogens with zero attached hydrogens (tertiary/aromatic N) is 2. The average molecular weight is 506 g/mol. The lowest BCUT2D eigenvalue weighted by atomic mass is 10.1. The highest BCUT2D eigenvalue weighted by Gasteiger charge is 2.11. The second-order valence-electron chi connectivity index (χ2n) is 8.76. The van der Waals surface area contributed by atoms with Crippen molar-refractivity contribution in [3.8, 4) is 11.5 Å². The Bertz CT molecular complexity index is 1300. The van der Waals surface area contributed by atoms with E-state index in [0.717, 1.165) is 59.7 Å². The van der Waals surface area contributed by atoms with Gasteiger partial charge in [0, 0.05) is 24.5 Å². The molecule has 6 nitrogen and oxygen atoms in total. The third-order valence-corrected chi connectivity index (χ3v) is 6.45. The molecule has 0 aliphatic heterocycles. The highest BCUT2D eigenvalue weighted by atomic mass is 35.5. The van der Waals surface area contributed by atoms with Crippen LogP contribution in [0.25, 0.3) is 11.0 Å². The Kier molecular flexibility index (Phi) is 8.85. The molecule has 1 amide bonds. The van der Waals surface area contributed by atoms with Crippen LogP contribution in [-0.4, -0.2) is 36.2 Å². The van der Waals surface area contributed by atoms with Crippen LogP contribution in [0.5, 0.6) is 11.5 Å². The SMILES string of the molecule is COc1ccc(CC(=O)NCCCCCc2nc3ccccc3n2Cc2ccc(Cl)cc2)cc1OC. The number of nitrogens with one attached hydrogen (secondary N) is 1. The number of amides is 1. The minimum absolute atomic E-state index is 0.00646. The first-order valence-corrected chi connectivity index (χ1v) is 12.6. The molecule has 36 heavy (non-hydrogen) atoms. The highest BCUT2D eigenvalue weighted by molar-refractivity contribution is 6.30. The van der Waals surface area contributed by atoms with Gasteiger partial charge in [0.25, 0.3) is 0 Å². The zero-order valence-electron chi connectivity index (χ0n) is 20.8. The quantitative estimate of drug-likeness (QED) is 0.246. The van der Waals surface area contributed by atoms with Crippen LogP contribution >= 0.6 is 11.6 Å². The zero-order valence-corrected chi connectivity index (χ0v) is 21.6. The number of methoxy groups -OCH3 is 2. The van der Waals surface area contributed by atoms with Crippen LogP contribution in [-0.2, 0) is 24.2 Å². The van der Waals surface area contributed by atoms with E-state index in [1.807, 2.05) is 36.4 Å². The Balaban J connectivity index is 1.26. The summed E-state index contributed by atoms with van der Waals surface area (Å²) in [6.45, 7) is 1.42. The van der Waals surface area contributed by atoms with Crippen LogP contribution in [0.3, 0.4) is 0 Å². The first kappa shape index (κ1) is 25.6. The van der Waals surface area contributed by atoms with Crippen LogP contribution in [0.2, 0.25) is 5.02 Å². The van der Waals surface area contributed by atoms with E-state index in [1.54, 1.807) is 14.2 Å². The fourth-order valence-electron chi connectivity index (χ4n) is 4.32. The second kappa shape index (κ2) is 12.5.